The van der Waals surface area contributed by atoms with Gasteiger partial charge >= 0.3 is 0 Å². The molecule has 1 aliphatic rings. The van der Waals surface area contributed by atoms with Gasteiger partial charge in [0.15, 0.2) is 5.78 Å². The van der Waals surface area contributed by atoms with Crippen LogP contribution in [0, 0.1) is 0 Å². The van der Waals surface area contributed by atoms with Crippen molar-refractivity contribution in [1.29, 1.82) is 0 Å². The number of benzene rings is 1. The molecule has 0 saturated carbocycles. The lowest BCUT2D eigenvalue weighted by Gasteiger charge is -2.24. The number of carbonyl (C=O) groups excluding carboxylic acids is 1. The monoisotopic (exact) mass is 285 g/mol. The molecule has 20 heavy (non-hydrogen) atoms. The van der Waals surface area contributed by atoms with Crippen LogP contribution >= 0.6 is 11.6 Å². The lowest BCUT2D eigenvalue weighted by molar-refractivity contribution is 0.0966. The van der Waals surface area contributed by atoms with Gasteiger partial charge in [-0.05, 0) is 48.4 Å². The zero-order valence-corrected chi connectivity index (χ0v) is 11.9. The lowest BCUT2D eigenvalue weighted by Crippen LogP contribution is -2.14. The van der Waals surface area contributed by atoms with E-state index >= 15 is 0 Å². The van der Waals surface area contributed by atoms with Gasteiger partial charge in [0.25, 0.3) is 0 Å². The molecule has 1 heterocycles. The minimum atomic E-state index is 0.100. The summed E-state index contributed by atoms with van der Waals surface area (Å²) in [5.41, 5.74) is 3.24. The number of Topliss-reactive ketones (excluding diaryl/α,β-unsaturated/α-hetero) is 1. The van der Waals surface area contributed by atoms with Crippen molar-refractivity contribution in [2.45, 2.75) is 31.6 Å². The second kappa shape index (κ2) is 5.76. The number of nitrogens with zero attached hydrogens (tertiary/aromatic N) is 1. The summed E-state index contributed by atoms with van der Waals surface area (Å²) < 4.78 is 0. The molecule has 0 bridgehead atoms. The van der Waals surface area contributed by atoms with Crippen molar-refractivity contribution < 1.29 is 4.79 Å². The fourth-order valence-corrected chi connectivity index (χ4v) is 3.05. The van der Waals surface area contributed by atoms with E-state index in [1.54, 1.807) is 12.1 Å². The number of aromatic nitrogens is 1. The zero-order valence-electron chi connectivity index (χ0n) is 11.2. The number of hydrogen-bond donors (Lipinski definition) is 0. The first-order chi connectivity index (χ1) is 9.74. The summed E-state index contributed by atoms with van der Waals surface area (Å²) in [4.78, 5) is 16.4. The predicted octanol–water partition coefficient (Wildman–Crippen LogP) is 4.43. The highest BCUT2D eigenvalue weighted by atomic mass is 35.5. The number of aryl methyl sites for hydroxylation is 1. The Morgan fingerprint density at radius 3 is 2.90 bits per heavy atom. The fraction of sp³-hybridized carbons (Fsp3) is 0.294. The molecule has 1 aromatic carbocycles. The molecule has 2 aromatic rings. The highest BCUT2D eigenvalue weighted by Crippen LogP contribution is 2.34. The largest absolute Gasteiger partial charge is 0.292 e. The Kier molecular flexibility index (Phi) is 3.83. The Labute approximate surface area is 123 Å². The van der Waals surface area contributed by atoms with Crippen molar-refractivity contribution in [3.8, 4) is 0 Å². The first-order valence-electron chi connectivity index (χ1n) is 6.96. The molecule has 1 aromatic heterocycles. The van der Waals surface area contributed by atoms with Crippen molar-refractivity contribution >= 4 is 17.4 Å². The zero-order chi connectivity index (χ0) is 13.9. The topological polar surface area (TPSA) is 30.0 Å². The van der Waals surface area contributed by atoms with Gasteiger partial charge in [0, 0.05) is 12.6 Å². The Bertz CT molecular complexity index is 621. The summed E-state index contributed by atoms with van der Waals surface area (Å²) >= 11 is 5.80. The molecule has 0 aliphatic heterocycles. The van der Waals surface area contributed by atoms with E-state index in [1.807, 2.05) is 0 Å². The number of pyridine rings is 1. The van der Waals surface area contributed by atoms with Crippen LogP contribution in [0.25, 0.3) is 0 Å². The third kappa shape index (κ3) is 2.75. The molecule has 102 valence electrons. The fourth-order valence-electron chi connectivity index (χ4n) is 2.94. The van der Waals surface area contributed by atoms with Crippen LogP contribution in [0.2, 0.25) is 5.02 Å². The minimum Gasteiger partial charge on any atom is -0.292 e. The molecule has 1 atom stereocenters. The van der Waals surface area contributed by atoms with Gasteiger partial charge in [0.05, 0.1) is 5.02 Å². The van der Waals surface area contributed by atoms with Crippen LogP contribution in [0.3, 0.4) is 0 Å². The van der Waals surface area contributed by atoms with E-state index in [-0.39, 0.29) is 5.78 Å². The predicted molar refractivity (Wildman–Crippen MR) is 80.3 cm³/mol. The van der Waals surface area contributed by atoms with Crippen LogP contribution in [-0.2, 0) is 6.42 Å². The number of rotatable bonds is 3. The maximum atomic E-state index is 12.3. The number of ketones is 1. The average molecular weight is 286 g/mol. The highest BCUT2D eigenvalue weighted by Gasteiger charge is 2.23. The van der Waals surface area contributed by atoms with E-state index in [4.69, 9.17) is 11.6 Å². The van der Waals surface area contributed by atoms with Gasteiger partial charge in [-0.1, -0.05) is 35.9 Å². The van der Waals surface area contributed by atoms with Crippen molar-refractivity contribution in [3.63, 3.8) is 0 Å². The Morgan fingerprint density at radius 2 is 2.10 bits per heavy atom. The molecule has 0 spiro atoms. The molecule has 1 aliphatic carbocycles. The van der Waals surface area contributed by atoms with Crippen molar-refractivity contribution in [2.75, 3.05) is 0 Å². The SMILES string of the molecule is O=C(CC1CCCc2ccccc21)c1ccc(Cl)cn1. The van der Waals surface area contributed by atoms with Crippen molar-refractivity contribution in [3.05, 3.63) is 64.4 Å². The minimum absolute atomic E-state index is 0.100. The van der Waals surface area contributed by atoms with E-state index < -0.39 is 0 Å². The summed E-state index contributed by atoms with van der Waals surface area (Å²) in [6.07, 6.45) is 5.43. The molecule has 0 amide bonds. The first-order valence-corrected chi connectivity index (χ1v) is 7.34. The third-order valence-electron chi connectivity index (χ3n) is 3.94. The van der Waals surface area contributed by atoms with Gasteiger partial charge in [-0.2, -0.15) is 0 Å². The number of halogens is 1. The molecule has 3 rings (SSSR count). The van der Waals surface area contributed by atoms with E-state index in [1.165, 1.54) is 17.3 Å². The van der Waals surface area contributed by atoms with E-state index in [2.05, 4.69) is 29.2 Å². The second-order valence-corrected chi connectivity index (χ2v) is 5.71. The van der Waals surface area contributed by atoms with Crippen LogP contribution < -0.4 is 0 Å². The molecular weight excluding hydrogens is 270 g/mol. The van der Waals surface area contributed by atoms with Gasteiger partial charge in [0.2, 0.25) is 0 Å². The van der Waals surface area contributed by atoms with Crippen molar-refractivity contribution in [2.24, 2.45) is 0 Å². The molecule has 0 fully saturated rings. The van der Waals surface area contributed by atoms with Gasteiger partial charge in [0.1, 0.15) is 5.69 Å². The molecular formula is C17H16ClNO. The molecule has 2 nitrogen and oxygen atoms in total. The quantitative estimate of drug-likeness (QED) is 0.781. The van der Waals surface area contributed by atoms with Gasteiger partial charge in [-0.15, -0.1) is 0 Å². The van der Waals surface area contributed by atoms with Crippen LogP contribution in [0.15, 0.2) is 42.6 Å². The third-order valence-corrected chi connectivity index (χ3v) is 4.16. The van der Waals surface area contributed by atoms with Crippen LogP contribution in [0.4, 0.5) is 0 Å². The standard InChI is InChI=1S/C17H16ClNO/c18-14-8-9-16(19-11-14)17(20)10-13-6-3-5-12-4-1-2-7-15(12)13/h1-2,4,7-9,11,13H,3,5-6,10H2. The molecule has 1 unspecified atom stereocenters. The van der Waals surface area contributed by atoms with Crippen molar-refractivity contribution in [1.82, 2.24) is 4.98 Å². The summed E-state index contributed by atoms with van der Waals surface area (Å²) in [5, 5.41) is 0.560. The molecule has 0 radical (unpaired) electrons. The van der Waals surface area contributed by atoms with Crippen LogP contribution in [0.1, 0.15) is 46.8 Å². The summed E-state index contributed by atoms with van der Waals surface area (Å²) in [5.74, 6) is 0.424. The summed E-state index contributed by atoms with van der Waals surface area (Å²) in [6, 6.07) is 11.9. The van der Waals surface area contributed by atoms with Gasteiger partial charge < -0.3 is 0 Å². The normalized spacial score (nSPS) is 17.6. The Hall–Kier alpha value is -1.67. The smallest absolute Gasteiger partial charge is 0.181 e. The van der Waals surface area contributed by atoms with Crippen LogP contribution in [-0.4, -0.2) is 10.8 Å². The molecule has 0 saturated heterocycles. The maximum Gasteiger partial charge on any atom is 0.181 e. The first kappa shape index (κ1) is 13.3. The van der Waals surface area contributed by atoms with Gasteiger partial charge in [-0.3, -0.25) is 9.78 Å². The maximum absolute atomic E-state index is 12.3. The number of fused-ring (bicyclic) bond motifs is 1. The molecule has 0 N–H and O–H groups in total. The summed E-state index contributed by atoms with van der Waals surface area (Å²) in [6.45, 7) is 0. The Balaban J connectivity index is 1.79. The number of carbonyl (C=O) groups is 1. The summed E-state index contributed by atoms with van der Waals surface area (Å²) in [7, 11) is 0. The van der Waals surface area contributed by atoms with E-state index in [0.717, 1.165) is 19.3 Å². The van der Waals surface area contributed by atoms with E-state index in [0.29, 0.717) is 23.1 Å². The van der Waals surface area contributed by atoms with Gasteiger partial charge in [-0.25, -0.2) is 0 Å². The average Bonchev–Trinajstić information content (AvgIpc) is 2.48. The van der Waals surface area contributed by atoms with Crippen LogP contribution in [0.5, 0.6) is 0 Å². The lowest BCUT2D eigenvalue weighted by atomic mass is 9.80. The second-order valence-electron chi connectivity index (χ2n) is 5.28. The Morgan fingerprint density at radius 1 is 1.25 bits per heavy atom. The van der Waals surface area contributed by atoms with E-state index in [9.17, 15) is 4.79 Å². The highest BCUT2D eigenvalue weighted by molar-refractivity contribution is 6.30. The molecule has 3 heteroatoms. The number of hydrogen-bond acceptors (Lipinski definition) is 2.